The molecule has 0 saturated carbocycles. The van der Waals surface area contributed by atoms with Crippen LogP contribution in [0.1, 0.15) is 194 Å². The first-order valence-electron chi connectivity index (χ1n) is 20.7. The van der Waals surface area contributed by atoms with Gasteiger partial charge < -0.3 is 14.4 Å². The van der Waals surface area contributed by atoms with E-state index in [0.29, 0.717) is 0 Å². The van der Waals surface area contributed by atoms with Crippen molar-refractivity contribution in [3.63, 3.8) is 0 Å². The van der Waals surface area contributed by atoms with Crippen molar-refractivity contribution in [2.45, 2.75) is 206 Å². The highest BCUT2D eigenvalue weighted by Gasteiger charge is 2.40. The first-order valence-corrected chi connectivity index (χ1v) is 20.7. The van der Waals surface area contributed by atoms with Crippen molar-refractivity contribution < 1.29 is 9.47 Å². The van der Waals surface area contributed by atoms with E-state index in [1.165, 1.54) is 148 Å². The summed E-state index contributed by atoms with van der Waals surface area (Å²) >= 11 is 0. The number of rotatable bonds is 34. The fraction of sp³-hybridized carbons (Fsp3) is 0.818. The van der Waals surface area contributed by atoms with Gasteiger partial charge in [0.25, 0.3) is 0 Å². The molecule has 274 valence electrons. The molecule has 1 rings (SSSR count). The molecule has 2 unspecified atom stereocenters. The fourth-order valence-electron chi connectivity index (χ4n) is 6.53. The summed E-state index contributed by atoms with van der Waals surface area (Å²) in [6.07, 6.45) is 54.6. The van der Waals surface area contributed by atoms with Gasteiger partial charge in [0.2, 0.25) is 0 Å². The number of nitrogens with zero attached hydrogens (tertiary/aromatic N) is 1. The van der Waals surface area contributed by atoms with Crippen LogP contribution in [-0.4, -0.2) is 44.0 Å². The molecule has 0 aromatic heterocycles. The van der Waals surface area contributed by atoms with Crippen molar-refractivity contribution in [2.24, 2.45) is 0 Å². The highest BCUT2D eigenvalue weighted by atomic mass is 16.7. The van der Waals surface area contributed by atoms with Crippen LogP contribution in [0.15, 0.2) is 48.6 Å². The lowest BCUT2D eigenvalue weighted by atomic mass is 9.98. The highest BCUT2D eigenvalue weighted by Crippen LogP contribution is 2.36. The molecule has 0 radical (unpaired) electrons. The van der Waals surface area contributed by atoms with Crippen molar-refractivity contribution in [2.75, 3.05) is 27.2 Å². The zero-order chi connectivity index (χ0) is 33.9. The van der Waals surface area contributed by atoms with E-state index in [4.69, 9.17) is 9.47 Å². The van der Waals surface area contributed by atoms with E-state index >= 15 is 0 Å². The van der Waals surface area contributed by atoms with E-state index in [1.807, 2.05) is 0 Å². The lowest BCUT2D eigenvalue weighted by Gasteiger charge is -2.28. The Hall–Kier alpha value is -1.16. The van der Waals surface area contributed by atoms with Gasteiger partial charge in [-0.15, -0.1) is 0 Å². The van der Waals surface area contributed by atoms with Crippen LogP contribution in [0.2, 0.25) is 0 Å². The standard InChI is InChI=1S/C44H81NO2/c1-5-7-9-11-13-15-17-19-21-23-25-27-29-31-33-35-39-44(46-42-43(47-44)38-37-41-45(3)4)40-36-34-32-30-28-26-24-22-20-18-16-14-12-10-8-6-2/h11,13-14,16-17,19-20,22,43H,5-10,12,15,18,21,23-42H2,1-4H3/b13-11-,16-14-,19-17-,22-20-. The molecule has 0 aliphatic carbocycles. The molecule has 1 aliphatic heterocycles. The first kappa shape index (κ1) is 43.9. The minimum Gasteiger partial charge on any atom is -0.347 e. The largest absolute Gasteiger partial charge is 0.347 e. The molecule has 0 amide bonds. The monoisotopic (exact) mass is 656 g/mol. The Kier molecular flexibility index (Phi) is 31.1. The average molecular weight is 656 g/mol. The van der Waals surface area contributed by atoms with Gasteiger partial charge in [-0.1, -0.05) is 146 Å². The van der Waals surface area contributed by atoms with Crippen LogP contribution in [0.3, 0.4) is 0 Å². The van der Waals surface area contributed by atoms with Crippen molar-refractivity contribution in [3.05, 3.63) is 48.6 Å². The molecule has 2 atom stereocenters. The van der Waals surface area contributed by atoms with Crippen LogP contribution >= 0.6 is 0 Å². The summed E-state index contributed by atoms with van der Waals surface area (Å²) in [4.78, 5) is 2.28. The van der Waals surface area contributed by atoms with Crippen LogP contribution in [0, 0.1) is 0 Å². The molecule has 3 heteroatoms. The van der Waals surface area contributed by atoms with Gasteiger partial charge in [0.05, 0.1) is 12.7 Å². The van der Waals surface area contributed by atoms with E-state index in [2.05, 4.69) is 81.5 Å². The third-order valence-electron chi connectivity index (χ3n) is 9.56. The maximum atomic E-state index is 6.72. The predicted molar refractivity (Wildman–Crippen MR) is 209 cm³/mol. The Morgan fingerprint density at radius 2 is 0.936 bits per heavy atom. The summed E-state index contributed by atoms with van der Waals surface area (Å²) in [5.41, 5.74) is 0. The number of hydrogen-bond donors (Lipinski definition) is 0. The van der Waals surface area contributed by atoms with E-state index in [0.717, 1.165) is 45.3 Å². The molecule has 1 fully saturated rings. The molecule has 0 aromatic rings. The molecule has 0 spiro atoms. The second kappa shape index (κ2) is 33.3. The summed E-state index contributed by atoms with van der Waals surface area (Å²) in [6.45, 7) is 6.45. The van der Waals surface area contributed by atoms with E-state index in [9.17, 15) is 0 Å². The SMILES string of the molecule is CCCC/C=C\C/C=C\CCCCCCCCCC1(CCCCCCCC/C=C\C/C=C\CCCCC)OCC(CCCN(C)C)O1. The van der Waals surface area contributed by atoms with Gasteiger partial charge >= 0.3 is 0 Å². The van der Waals surface area contributed by atoms with E-state index in [1.54, 1.807) is 0 Å². The Bertz CT molecular complexity index is 769. The van der Waals surface area contributed by atoms with Gasteiger partial charge in [0.15, 0.2) is 5.79 Å². The van der Waals surface area contributed by atoms with Crippen molar-refractivity contribution in [3.8, 4) is 0 Å². The Labute approximate surface area is 295 Å². The zero-order valence-corrected chi connectivity index (χ0v) is 32.2. The number of unbranched alkanes of at least 4 members (excludes halogenated alkanes) is 18. The molecule has 0 N–H and O–H groups in total. The fourth-order valence-corrected chi connectivity index (χ4v) is 6.53. The smallest absolute Gasteiger partial charge is 0.168 e. The molecule has 3 nitrogen and oxygen atoms in total. The average Bonchev–Trinajstić information content (AvgIpc) is 3.47. The van der Waals surface area contributed by atoms with Crippen LogP contribution in [-0.2, 0) is 9.47 Å². The van der Waals surface area contributed by atoms with Gasteiger partial charge in [0.1, 0.15) is 0 Å². The summed E-state index contributed by atoms with van der Waals surface area (Å²) in [6, 6.07) is 0. The Morgan fingerprint density at radius 3 is 1.40 bits per heavy atom. The Balaban J connectivity index is 2.18. The topological polar surface area (TPSA) is 21.7 Å². The first-order chi connectivity index (χ1) is 23.1. The van der Waals surface area contributed by atoms with Crippen molar-refractivity contribution >= 4 is 0 Å². The van der Waals surface area contributed by atoms with Crippen LogP contribution in [0.25, 0.3) is 0 Å². The van der Waals surface area contributed by atoms with Crippen molar-refractivity contribution in [1.29, 1.82) is 0 Å². The minimum atomic E-state index is -0.310. The predicted octanol–water partition coefficient (Wildman–Crippen LogP) is 13.8. The molecule has 1 heterocycles. The third kappa shape index (κ3) is 28.4. The van der Waals surface area contributed by atoms with Crippen LogP contribution in [0.4, 0.5) is 0 Å². The van der Waals surface area contributed by atoms with E-state index < -0.39 is 0 Å². The van der Waals surface area contributed by atoms with Gasteiger partial charge in [0, 0.05) is 12.8 Å². The highest BCUT2D eigenvalue weighted by molar-refractivity contribution is 4.93. The summed E-state index contributed by atoms with van der Waals surface area (Å²) in [5.74, 6) is -0.310. The summed E-state index contributed by atoms with van der Waals surface area (Å²) in [7, 11) is 4.32. The lowest BCUT2D eigenvalue weighted by molar-refractivity contribution is -0.180. The summed E-state index contributed by atoms with van der Waals surface area (Å²) in [5, 5.41) is 0. The molecule has 47 heavy (non-hydrogen) atoms. The molecule has 0 aromatic carbocycles. The zero-order valence-electron chi connectivity index (χ0n) is 32.2. The van der Waals surface area contributed by atoms with Gasteiger partial charge in [-0.2, -0.15) is 0 Å². The lowest BCUT2D eigenvalue weighted by Crippen LogP contribution is -2.31. The molecular weight excluding hydrogens is 574 g/mol. The van der Waals surface area contributed by atoms with Gasteiger partial charge in [-0.05, 0) is 104 Å². The maximum Gasteiger partial charge on any atom is 0.168 e. The van der Waals surface area contributed by atoms with Gasteiger partial charge in [-0.3, -0.25) is 0 Å². The van der Waals surface area contributed by atoms with Crippen LogP contribution < -0.4 is 0 Å². The third-order valence-corrected chi connectivity index (χ3v) is 9.56. The quantitative estimate of drug-likeness (QED) is 0.0508. The molecular formula is C44H81NO2. The van der Waals surface area contributed by atoms with Crippen molar-refractivity contribution in [1.82, 2.24) is 4.90 Å². The summed E-state index contributed by atoms with van der Waals surface area (Å²) < 4.78 is 13.2. The van der Waals surface area contributed by atoms with Gasteiger partial charge in [-0.25, -0.2) is 0 Å². The number of allylic oxidation sites excluding steroid dienone is 8. The number of hydrogen-bond acceptors (Lipinski definition) is 3. The number of ether oxygens (including phenoxy) is 2. The Morgan fingerprint density at radius 1 is 0.511 bits per heavy atom. The molecule has 1 saturated heterocycles. The normalized spacial score (nSPS) is 18.9. The van der Waals surface area contributed by atoms with E-state index in [-0.39, 0.29) is 11.9 Å². The van der Waals surface area contributed by atoms with Crippen LogP contribution in [0.5, 0.6) is 0 Å². The second-order valence-corrected chi connectivity index (χ2v) is 14.6. The minimum absolute atomic E-state index is 0.283. The molecule has 0 bridgehead atoms. The maximum absolute atomic E-state index is 6.72. The second-order valence-electron chi connectivity index (χ2n) is 14.6. The molecule has 1 aliphatic rings.